The van der Waals surface area contributed by atoms with Gasteiger partial charge in [-0.15, -0.1) is 17.5 Å². The molecule has 0 aliphatic heterocycles. The number of halogens is 1. The van der Waals surface area contributed by atoms with E-state index >= 15 is 0 Å². The number of hydrogen-bond donors (Lipinski definition) is 3. The van der Waals surface area contributed by atoms with Gasteiger partial charge in [0.25, 0.3) is 5.88 Å². The van der Waals surface area contributed by atoms with Crippen LogP contribution in [0.25, 0.3) is 0 Å². The van der Waals surface area contributed by atoms with Crippen molar-refractivity contribution in [2.75, 3.05) is 25.6 Å². The smallest absolute Gasteiger partial charge is 0.339 e. The molecule has 0 radical (unpaired) electrons. The molecule has 0 aliphatic rings. The van der Waals surface area contributed by atoms with E-state index in [4.69, 9.17) is 10.5 Å². The van der Waals surface area contributed by atoms with Gasteiger partial charge in [-0.3, -0.25) is 0 Å². The number of hydrogen-bond acceptors (Lipinski definition) is 5. The van der Waals surface area contributed by atoms with Gasteiger partial charge in [-0.2, -0.15) is 4.68 Å². The van der Waals surface area contributed by atoms with Crippen molar-refractivity contribution in [1.82, 2.24) is 9.78 Å². The second kappa shape index (κ2) is 6.91. The first-order valence-electron chi connectivity index (χ1n) is 4.46. The molecule has 1 rings (SSSR count). The van der Waals surface area contributed by atoms with E-state index in [-0.39, 0.29) is 18.3 Å². The van der Waals surface area contributed by atoms with Crippen LogP contribution in [0.3, 0.4) is 0 Å². The molecule has 7 nitrogen and oxygen atoms in total. The number of methoxy groups -OCH3 is 1. The van der Waals surface area contributed by atoms with Crippen molar-refractivity contribution in [1.29, 1.82) is 0 Å². The van der Waals surface area contributed by atoms with Crippen molar-refractivity contribution >= 4 is 24.1 Å². The van der Waals surface area contributed by atoms with Crippen LogP contribution >= 0.6 is 12.4 Å². The maximum atomic E-state index is 10.7. The number of rotatable bonds is 5. The molecule has 16 heavy (non-hydrogen) atoms. The molecule has 92 valence electrons. The molecule has 1 aromatic heterocycles. The molecule has 0 bridgehead atoms. The molecule has 0 unspecified atom stereocenters. The summed E-state index contributed by atoms with van der Waals surface area (Å²) in [5.41, 5.74) is 5.35. The molecule has 0 aliphatic carbocycles. The monoisotopic (exact) mass is 250 g/mol. The normalized spacial score (nSPS) is 9.56. The molecule has 0 atom stereocenters. The minimum Gasteiger partial charge on any atom is -0.491 e. The number of anilines is 1. The highest BCUT2D eigenvalue weighted by Crippen LogP contribution is 2.19. The van der Waals surface area contributed by atoms with E-state index in [1.807, 2.05) is 0 Å². The van der Waals surface area contributed by atoms with Crippen LogP contribution < -0.4 is 11.1 Å². The number of carbonyl (C=O) groups excluding carboxylic acids is 1. The predicted octanol–water partition coefficient (Wildman–Crippen LogP) is 0.386. The molecule has 1 amide bonds. The van der Waals surface area contributed by atoms with Crippen LogP contribution in [0.1, 0.15) is 6.42 Å². The Hall–Kier alpha value is -1.47. The highest BCUT2D eigenvalue weighted by atomic mass is 35.5. The van der Waals surface area contributed by atoms with Gasteiger partial charge in [0.2, 0.25) is 0 Å². The van der Waals surface area contributed by atoms with E-state index in [0.717, 1.165) is 11.1 Å². The molecule has 1 heterocycles. The number of nitrogens with two attached hydrogens (primary N) is 1. The Bertz CT molecular complexity index is 342. The highest BCUT2D eigenvalue weighted by Gasteiger charge is 2.09. The highest BCUT2D eigenvalue weighted by molar-refractivity contribution is 5.85. The van der Waals surface area contributed by atoms with E-state index < -0.39 is 6.03 Å². The molecule has 0 aromatic carbocycles. The lowest BCUT2D eigenvalue weighted by Crippen LogP contribution is -2.19. The third-order valence-corrected chi connectivity index (χ3v) is 1.76. The summed E-state index contributed by atoms with van der Waals surface area (Å²) in [7, 11) is 1.61. The van der Waals surface area contributed by atoms with Gasteiger partial charge in [-0.25, -0.2) is 4.79 Å². The van der Waals surface area contributed by atoms with E-state index in [0.29, 0.717) is 18.8 Å². The molecule has 0 fully saturated rings. The average Bonchev–Trinajstić information content (AvgIpc) is 2.55. The number of ether oxygens (including phenoxy) is 1. The van der Waals surface area contributed by atoms with Gasteiger partial charge in [-0.1, -0.05) is 0 Å². The molecule has 4 N–H and O–H groups in total. The van der Waals surface area contributed by atoms with E-state index in [2.05, 4.69) is 10.4 Å². The minimum atomic E-state index is -0.741. The summed E-state index contributed by atoms with van der Waals surface area (Å²) >= 11 is 0. The van der Waals surface area contributed by atoms with Crippen LogP contribution in [0.15, 0.2) is 6.20 Å². The fraction of sp³-hybridized carbons (Fsp3) is 0.500. The maximum Gasteiger partial charge on any atom is 0.339 e. The van der Waals surface area contributed by atoms with E-state index in [1.54, 1.807) is 7.11 Å². The summed E-state index contributed by atoms with van der Waals surface area (Å²) in [5.74, 6) is -0.244. The van der Waals surface area contributed by atoms with Crippen LogP contribution in [0, 0.1) is 0 Å². The minimum absolute atomic E-state index is 0. The number of amides is 1. The number of aromatic hydroxyl groups is 1. The average molecular weight is 251 g/mol. The van der Waals surface area contributed by atoms with Crippen molar-refractivity contribution in [3.05, 3.63) is 6.20 Å². The molecule has 8 heteroatoms. The quantitative estimate of drug-likeness (QED) is 0.656. The number of nitrogens with one attached hydrogen (secondary N) is 1. The summed E-state index contributed by atoms with van der Waals surface area (Å²) in [6, 6.07) is -0.741. The summed E-state index contributed by atoms with van der Waals surface area (Å²) in [6.07, 6.45) is 2.13. The molecule has 1 aromatic rings. The zero-order chi connectivity index (χ0) is 11.3. The molecule has 0 saturated heterocycles. The van der Waals surface area contributed by atoms with Gasteiger partial charge in [0.1, 0.15) is 5.69 Å². The zero-order valence-corrected chi connectivity index (χ0v) is 9.66. The second-order valence-electron chi connectivity index (χ2n) is 2.92. The molecular weight excluding hydrogens is 236 g/mol. The van der Waals surface area contributed by atoms with Gasteiger partial charge in [0.15, 0.2) is 0 Å². The lowest BCUT2D eigenvalue weighted by Gasteiger charge is -2.02. The topological polar surface area (TPSA) is 102 Å². The summed E-state index contributed by atoms with van der Waals surface area (Å²) in [6.45, 7) is 1.24. The lowest BCUT2D eigenvalue weighted by molar-refractivity contribution is 0.197. The number of carbonyl (C=O) groups is 1. The molecule has 0 saturated carbocycles. The summed E-state index contributed by atoms with van der Waals surface area (Å²) in [5, 5.41) is 15.7. The van der Waals surface area contributed by atoms with Crippen LogP contribution in [0.4, 0.5) is 10.5 Å². The van der Waals surface area contributed by atoms with Gasteiger partial charge in [0, 0.05) is 20.3 Å². The SMILES string of the molecule is COCCCNc1cn(C(N)=O)nc1O.Cl. The first-order valence-corrected chi connectivity index (χ1v) is 4.46. The van der Waals surface area contributed by atoms with E-state index in [1.165, 1.54) is 6.20 Å². The van der Waals surface area contributed by atoms with E-state index in [9.17, 15) is 9.90 Å². The third kappa shape index (κ3) is 3.95. The van der Waals surface area contributed by atoms with Crippen LogP contribution in [-0.2, 0) is 4.74 Å². The zero-order valence-electron chi connectivity index (χ0n) is 8.84. The first kappa shape index (κ1) is 14.5. The van der Waals surface area contributed by atoms with Gasteiger partial charge in [0.05, 0.1) is 6.20 Å². The number of primary amides is 1. The maximum absolute atomic E-state index is 10.7. The van der Waals surface area contributed by atoms with Crippen LogP contribution in [0.2, 0.25) is 0 Å². The van der Waals surface area contributed by atoms with Crippen molar-refractivity contribution in [3.63, 3.8) is 0 Å². The standard InChI is InChI=1S/C8H14N4O3.ClH/c1-15-4-2-3-10-6-5-12(8(9)14)11-7(6)13;/h5,10H,2-4H2,1H3,(H2,9,14)(H,11,13);1H. The second-order valence-corrected chi connectivity index (χ2v) is 2.92. The Morgan fingerprint density at radius 1 is 1.75 bits per heavy atom. The van der Waals surface area contributed by atoms with Crippen molar-refractivity contribution in [2.45, 2.75) is 6.42 Å². The number of aromatic nitrogens is 2. The predicted molar refractivity (Wildman–Crippen MR) is 61.1 cm³/mol. The van der Waals surface area contributed by atoms with Crippen LogP contribution in [-0.4, -0.2) is 41.2 Å². The summed E-state index contributed by atoms with van der Waals surface area (Å²) < 4.78 is 5.73. The Labute approximate surface area is 99.0 Å². The van der Waals surface area contributed by atoms with Gasteiger partial charge >= 0.3 is 6.03 Å². The van der Waals surface area contributed by atoms with Crippen molar-refractivity contribution < 1.29 is 14.6 Å². The third-order valence-electron chi connectivity index (χ3n) is 1.76. The van der Waals surface area contributed by atoms with Gasteiger partial charge < -0.3 is 20.9 Å². The van der Waals surface area contributed by atoms with Crippen LogP contribution in [0.5, 0.6) is 5.88 Å². The number of nitrogens with zero attached hydrogens (tertiary/aromatic N) is 2. The Morgan fingerprint density at radius 2 is 2.44 bits per heavy atom. The fourth-order valence-corrected chi connectivity index (χ4v) is 1.04. The molecule has 0 spiro atoms. The Balaban J connectivity index is 0.00000225. The Kier molecular flexibility index (Phi) is 6.28. The van der Waals surface area contributed by atoms with Crippen molar-refractivity contribution in [2.24, 2.45) is 5.73 Å². The van der Waals surface area contributed by atoms with Gasteiger partial charge in [-0.05, 0) is 6.42 Å². The largest absolute Gasteiger partial charge is 0.491 e. The lowest BCUT2D eigenvalue weighted by atomic mass is 10.4. The Morgan fingerprint density at radius 3 is 2.94 bits per heavy atom. The van der Waals surface area contributed by atoms with Crippen molar-refractivity contribution in [3.8, 4) is 5.88 Å². The molecular formula is C8H15ClN4O3. The summed E-state index contributed by atoms with van der Waals surface area (Å²) in [4.78, 5) is 10.7. The first-order chi connectivity index (χ1) is 7.15. The fourth-order valence-electron chi connectivity index (χ4n) is 1.04.